The van der Waals surface area contributed by atoms with Crippen molar-refractivity contribution >= 4 is 0 Å². The Kier molecular flexibility index (Phi) is 6.20. The van der Waals surface area contributed by atoms with E-state index >= 15 is 0 Å². The minimum absolute atomic E-state index is 0.496. The highest BCUT2D eigenvalue weighted by Crippen LogP contribution is 2.33. The molecule has 4 aromatic rings. The van der Waals surface area contributed by atoms with Crippen LogP contribution in [0.3, 0.4) is 0 Å². The van der Waals surface area contributed by atoms with Crippen molar-refractivity contribution in [3.63, 3.8) is 0 Å². The molecule has 2 aliphatic rings. The Hall–Kier alpha value is -3.52. The summed E-state index contributed by atoms with van der Waals surface area (Å²) >= 11 is 0. The summed E-state index contributed by atoms with van der Waals surface area (Å²) in [4.78, 5) is 0. The lowest BCUT2D eigenvalue weighted by Crippen LogP contribution is -2.18. The van der Waals surface area contributed by atoms with Crippen LogP contribution < -0.4 is 9.47 Å². The van der Waals surface area contributed by atoms with Gasteiger partial charge in [0.2, 0.25) is 0 Å². The Morgan fingerprint density at radius 1 is 0.438 bits per heavy atom. The van der Waals surface area contributed by atoms with Crippen LogP contribution in [0.15, 0.2) is 109 Å². The third kappa shape index (κ3) is 4.70. The van der Waals surface area contributed by atoms with Crippen molar-refractivity contribution in [2.24, 2.45) is 0 Å². The molecule has 2 atom stereocenters. The zero-order chi connectivity index (χ0) is 21.6. The first-order chi connectivity index (χ1) is 15.9. The standard InChI is InChI=1S/2C15H14O/c2*1-2-6-12(7-3-1)14-10-13-8-4-5-9-15(13)16-11-14/h2*1-9,14H,10-11H2. The fraction of sp³-hybridized carbons (Fsp3) is 0.200. The number of benzene rings is 4. The molecule has 0 fully saturated rings. The average molecular weight is 421 g/mol. The number of rotatable bonds is 2. The quantitative estimate of drug-likeness (QED) is 0.355. The fourth-order valence-electron chi connectivity index (χ4n) is 4.53. The lowest BCUT2D eigenvalue weighted by Gasteiger charge is -2.25. The smallest absolute Gasteiger partial charge is 0.122 e. The first-order valence-corrected chi connectivity index (χ1v) is 11.4. The van der Waals surface area contributed by atoms with Crippen LogP contribution in [0.2, 0.25) is 0 Å². The van der Waals surface area contributed by atoms with Gasteiger partial charge in [-0.25, -0.2) is 0 Å². The molecule has 4 aromatic carbocycles. The largest absolute Gasteiger partial charge is 0.493 e. The monoisotopic (exact) mass is 420 g/mol. The molecular formula is C30H28O2. The molecule has 2 nitrogen and oxygen atoms in total. The number of hydrogen-bond donors (Lipinski definition) is 0. The predicted octanol–water partition coefficient (Wildman–Crippen LogP) is 6.81. The SMILES string of the molecule is c1ccc(C2COc3ccccc3C2)cc1.c1ccc(C2COc3ccccc3C2)cc1. The van der Waals surface area contributed by atoms with Gasteiger partial charge in [0.1, 0.15) is 11.5 Å². The Labute approximate surface area is 190 Å². The summed E-state index contributed by atoms with van der Waals surface area (Å²) < 4.78 is 11.6. The fourth-order valence-corrected chi connectivity index (χ4v) is 4.53. The maximum absolute atomic E-state index is 5.79. The van der Waals surface area contributed by atoms with E-state index < -0.39 is 0 Å². The zero-order valence-electron chi connectivity index (χ0n) is 18.2. The molecule has 2 unspecified atom stereocenters. The predicted molar refractivity (Wildman–Crippen MR) is 130 cm³/mol. The maximum atomic E-state index is 5.79. The summed E-state index contributed by atoms with van der Waals surface area (Å²) in [5.41, 5.74) is 5.39. The third-order valence-electron chi connectivity index (χ3n) is 6.30. The molecule has 0 spiro atoms. The van der Waals surface area contributed by atoms with Crippen molar-refractivity contribution in [2.45, 2.75) is 24.7 Å². The zero-order valence-corrected chi connectivity index (χ0v) is 18.2. The van der Waals surface area contributed by atoms with Crippen LogP contribution in [0.25, 0.3) is 0 Å². The van der Waals surface area contributed by atoms with Crippen molar-refractivity contribution in [1.82, 2.24) is 0 Å². The summed E-state index contributed by atoms with van der Waals surface area (Å²) in [6.07, 6.45) is 2.17. The first kappa shape index (κ1) is 20.4. The Balaban J connectivity index is 0.000000135. The molecule has 0 radical (unpaired) electrons. The van der Waals surface area contributed by atoms with Gasteiger partial charge in [-0.1, -0.05) is 97.1 Å². The average Bonchev–Trinajstić information content (AvgIpc) is 2.89. The van der Waals surface area contributed by atoms with Crippen molar-refractivity contribution in [1.29, 1.82) is 0 Å². The van der Waals surface area contributed by atoms with Crippen molar-refractivity contribution < 1.29 is 9.47 Å². The molecule has 2 aliphatic heterocycles. The number of para-hydroxylation sites is 2. The van der Waals surface area contributed by atoms with E-state index in [1.807, 2.05) is 12.1 Å². The van der Waals surface area contributed by atoms with E-state index in [0.717, 1.165) is 37.6 Å². The van der Waals surface area contributed by atoms with Crippen molar-refractivity contribution in [3.05, 3.63) is 131 Å². The van der Waals surface area contributed by atoms with E-state index in [9.17, 15) is 0 Å². The highest BCUT2D eigenvalue weighted by Gasteiger charge is 2.21. The summed E-state index contributed by atoms with van der Waals surface area (Å²) in [5.74, 6) is 3.09. The second kappa shape index (κ2) is 9.74. The van der Waals surface area contributed by atoms with Crippen LogP contribution in [0.4, 0.5) is 0 Å². The van der Waals surface area contributed by atoms with E-state index in [-0.39, 0.29) is 0 Å². The van der Waals surface area contributed by atoms with Crippen molar-refractivity contribution in [3.8, 4) is 11.5 Å². The van der Waals surface area contributed by atoms with Gasteiger partial charge in [-0.3, -0.25) is 0 Å². The molecule has 0 amide bonds. The van der Waals surface area contributed by atoms with Gasteiger partial charge in [0, 0.05) is 11.8 Å². The van der Waals surface area contributed by atoms with Gasteiger partial charge in [-0.05, 0) is 47.2 Å². The Morgan fingerprint density at radius 2 is 0.812 bits per heavy atom. The molecule has 32 heavy (non-hydrogen) atoms. The van der Waals surface area contributed by atoms with Gasteiger partial charge in [0.15, 0.2) is 0 Å². The molecule has 2 heterocycles. The topological polar surface area (TPSA) is 18.5 Å². The van der Waals surface area contributed by atoms with Crippen LogP contribution in [-0.2, 0) is 12.8 Å². The van der Waals surface area contributed by atoms with Gasteiger partial charge < -0.3 is 9.47 Å². The molecule has 0 aliphatic carbocycles. The molecule has 0 saturated carbocycles. The molecule has 0 saturated heterocycles. The molecule has 2 heteroatoms. The highest BCUT2D eigenvalue weighted by atomic mass is 16.5. The normalized spacial score (nSPS) is 18.6. The Morgan fingerprint density at radius 3 is 1.25 bits per heavy atom. The van der Waals surface area contributed by atoms with Gasteiger partial charge in [-0.2, -0.15) is 0 Å². The molecule has 160 valence electrons. The van der Waals surface area contributed by atoms with Crippen LogP contribution in [0.5, 0.6) is 11.5 Å². The maximum Gasteiger partial charge on any atom is 0.122 e. The minimum atomic E-state index is 0.496. The first-order valence-electron chi connectivity index (χ1n) is 11.4. The van der Waals surface area contributed by atoms with Gasteiger partial charge in [-0.15, -0.1) is 0 Å². The summed E-state index contributed by atoms with van der Waals surface area (Å²) in [7, 11) is 0. The molecule has 0 N–H and O–H groups in total. The summed E-state index contributed by atoms with van der Waals surface area (Å²) in [5, 5.41) is 0. The van der Waals surface area contributed by atoms with Gasteiger partial charge in [0.05, 0.1) is 13.2 Å². The second-order valence-corrected chi connectivity index (χ2v) is 8.46. The molecule has 0 bridgehead atoms. The molecule has 6 rings (SSSR count). The van der Waals surface area contributed by atoms with Crippen molar-refractivity contribution in [2.75, 3.05) is 13.2 Å². The summed E-state index contributed by atoms with van der Waals surface area (Å²) in [6.45, 7) is 1.59. The second-order valence-electron chi connectivity index (χ2n) is 8.46. The van der Waals surface area contributed by atoms with Crippen LogP contribution in [0.1, 0.15) is 34.1 Å². The lowest BCUT2D eigenvalue weighted by molar-refractivity contribution is 0.262. The van der Waals surface area contributed by atoms with E-state index in [4.69, 9.17) is 9.47 Å². The number of hydrogen-bond acceptors (Lipinski definition) is 2. The van der Waals surface area contributed by atoms with E-state index in [2.05, 4.69) is 97.1 Å². The van der Waals surface area contributed by atoms with E-state index in [0.29, 0.717) is 11.8 Å². The van der Waals surface area contributed by atoms with Crippen LogP contribution in [0, 0.1) is 0 Å². The Bertz CT molecular complexity index is 1040. The minimum Gasteiger partial charge on any atom is -0.493 e. The van der Waals surface area contributed by atoms with Crippen LogP contribution >= 0.6 is 0 Å². The highest BCUT2D eigenvalue weighted by molar-refractivity contribution is 5.39. The lowest BCUT2D eigenvalue weighted by atomic mass is 9.90. The molecular weight excluding hydrogens is 392 g/mol. The van der Waals surface area contributed by atoms with E-state index in [1.165, 1.54) is 22.3 Å². The van der Waals surface area contributed by atoms with Crippen LogP contribution in [-0.4, -0.2) is 13.2 Å². The third-order valence-corrected chi connectivity index (χ3v) is 6.30. The molecule has 0 aromatic heterocycles. The summed E-state index contributed by atoms with van der Waals surface area (Å²) in [6, 6.07) is 37.9. The number of fused-ring (bicyclic) bond motifs is 2. The van der Waals surface area contributed by atoms with Gasteiger partial charge >= 0.3 is 0 Å². The number of ether oxygens (including phenoxy) is 2. The van der Waals surface area contributed by atoms with E-state index in [1.54, 1.807) is 0 Å². The van der Waals surface area contributed by atoms with Gasteiger partial charge in [0.25, 0.3) is 0 Å².